The van der Waals surface area contributed by atoms with Gasteiger partial charge >= 0.3 is 0 Å². The van der Waals surface area contributed by atoms with Crippen LogP contribution in [0.5, 0.6) is 0 Å². The third kappa shape index (κ3) is 4.38. The second-order valence-corrected chi connectivity index (χ2v) is 5.60. The van der Waals surface area contributed by atoms with Crippen molar-refractivity contribution in [2.24, 2.45) is 0 Å². The highest BCUT2D eigenvalue weighted by Crippen LogP contribution is 2.30. The maximum Gasteiger partial charge on any atom is 0.0823 e. The van der Waals surface area contributed by atoms with Gasteiger partial charge in [-0.1, -0.05) is 29.3 Å². The van der Waals surface area contributed by atoms with Gasteiger partial charge in [0.2, 0.25) is 0 Å². The monoisotopic (exact) mass is 275 g/mol. The summed E-state index contributed by atoms with van der Waals surface area (Å²) in [4.78, 5) is 0. The third-order valence-electron chi connectivity index (χ3n) is 2.70. The van der Waals surface area contributed by atoms with E-state index in [1.807, 2.05) is 12.1 Å². The zero-order chi connectivity index (χ0) is 13.1. The van der Waals surface area contributed by atoms with Crippen molar-refractivity contribution in [1.82, 2.24) is 0 Å². The molecule has 0 aliphatic rings. The second kappa shape index (κ2) is 5.94. The highest BCUT2D eigenvalue weighted by molar-refractivity contribution is 6.43. The molecule has 0 radical (unpaired) electrons. The molecule has 2 nitrogen and oxygen atoms in total. The third-order valence-corrected chi connectivity index (χ3v) is 3.52. The summed E-state index contributed by atoms with van der Waals surface area (Å²) < 4.78 is 5.40. The molecule has 1 rings (SSSR count). The predicted molar refractivity (Wildman–Crippen MR) is 75.3 cm³/mol. The van der Waals surface area contributed by atoms with Gasteiger partial charge in [-0.3, -0.25) is 0 Å². The summed E-state index contributed by atoms with van der Waals surface area (Å²) in [6.45, 7) is 6.22. The molecule has 0 heterocycles. The molecule has 4 heteroatoms. The maximum absolute atomic E-state index is 6.12. The molecular formula is C13H19Cl2NO. The van der Waals surface area contributed by atoms with Crippen molar-refractivity contribution in [2.75, 3.05) is 12.4 Å². The fraction of sp³-hybridized carbons (Fsp3) is 0.538. The van der Waals surface area contributed by atoms with E-state index in [0.717, 1.165) is 12.1 Å². The minimum Gasteiger partial charge on any atom is -0.381 e. The lowest BCUT2D eigenvalue weighted by Crippen LogP contribution is -2.31. The molecule has 0 saturated heterocycles. The molecule has 1 atom stereocenters. The molecule has 0 saturated carbocycles. The summed E-state index contributed by atoms with van der Waals surface area (Å²) in [5.74, 6) is 0. The smallest absolute Gasteiger partial charge is 0.0823 e. The van der Waals surface area contributed by atoms with E-state index in [4.69, 9.17) is 27.9 Å². The van der Waals surface area contributed by atoms with Crippen LogP contribution in [0.25, 0.3) is 0 Å². The zero-order valence-corrected chi connectivity index (χ0v) is 12.2. The topological polar surface area (TPSA) is 21.3 Å². The quantitative estimate of drug-likeness (QED) is 0.848. The van der Waals surface area contributed by atoms with Gasteiger partial charge in [0.1, 0.15) is 0 Å². The van der Waals surface area contributed by atoms with Gasteiger partial charge in [0.25, 0.3) is 0 Å². The number of rotatable bonds is 5. The number of hydrogen-bond acceptors (Lipinski definition) is 2. The van der Waals surface area contributed by atoms with Crippen LogP contribution in [-0.4, -0.2) is 18.8 Å². The molecule has 0 amide bonds. The van der Waals surface area contributed by atoms with Gasteiger partial charge in [0, 0.05) is 13.2 Å². The second-order valence-electron chi connectivity index (χ2n) is 4.81. The van der Waals surface area contributed by atoms with E-state index in [9.17, 15) is 0 Å². The van der Waals surface area contributed by atoms with E-state index in [-0.39, 0.29) is 11.6 Å². The van der Waals surface area contributed by atoms with Gasteiger partial charge in [-0.05, 0) is 39.3 Å². The fourth-order valence-electron chi connectivity index (χ4n) is 1.75. The lowest BCUT2D eigenvalue weighted by Gasteiger charge is -2.27. The Labute approximate surface area is 113 Å². The standard InChI is InChI=1S/C13H19Cl2NO/c1-9(8-13(2,3)17-4)16-11-7-5-6-10(14)12(11)15/h5-7,9,16H,8H2,1-4H3. The normalized spacial score (nSPS) is 13.5. The molecule has 0 aliphatic heterocycles. The number of halogens is 2. The Morgan fingerprint density at radius 1 is 1.35 bits per heavy atom. The summed E-state index contributed by atoms with van der Waals surface area (Å²) in [6, 6.07) is 5.83. The van der Waals surface area contributed by atoms with Gasteiger partial charge < -0.3 is 10.1 Å². The van der Waals surface area contributed by atoms with E-state index in [0.29, 0.717) is 10.0 Å². The Bertz CT molecular complexity index is 380. The Morgan fingerprint density at radius 3 is 2.59 bits per heavy atom. The molecule has 96 valence electrons. The molecular weight excluding hydrogens is 257 g/mol. The van der Waals surface area contributed by atoms with Gasteiger partial charge in [0.15, 0.2) is 0 Å². The first-order valence-corrected chi connectivity index (χ1v) is 6.37. The van der Waals surface area contributed by atoms with Crippen molar-refractivity contribution in [2.45, 2.75) is 38.8 Å². The van der Waals surface area contributed by atoms with Crippen LogP contribution in [0.1, 0.15) is 27.2 Å². The summed E-state index contributed by atoms with van der Waals surface area (Å²) in [5, 5.41) is 4.48. The Balaban J connectivity index is 2.68. The average molecular weight is 276 g/mol. The highest BCUT2D eigenvalue weighted by Gasteiger charge is 2.20. The van der Waals surface area contributed by atoms with Crippen LogP contribution < -0.4 is 5.32 Å². The van der Waals surface area contributed by atoms with Crippen LogP contribution in [0, 0.1) is 0 Å². The van der Waals surface area contributed by atoms with Gasteiger partial charge in [-0.25, -0.2) is 0 Å². The van der Waals surface area contributed by atoms with Crippen molar-refractivity contribution >= 4 is 28.9 Å². The Morgan fingerprint density at radius 2 is 2.00 bits per heavy atom. The Kier molecular flexibility index (Phi) is 5.11. The zero-order valence-electron chi connectivity index (χ0n) is 10.7. The first kappa shape index (κ1) is 14.6. The van der Waals surface area contributed by atoms with E-state index in [2.05, 4.69) is 26.1 Å². The van der Waals surface area contributed by atoms with E-state index in [1.54, 1.807) is 13.2 Å². The van der Waals surface area contributed by atoms with Crippen molar-refractivity contribution in [3.8, 4) is 0 Å². The average Bonchev–Trinajstić information content (AvgIpc) is 2.24. The molecule has 1 unspecified atom stereocenters. The summed E-state index contributed by atoms with van der Waals surface area (Å²) >= 11 is 12.1. The number of hydrogen-bond donors (Lipinski definition) is 1. The first-order chi connectivity index (χ1) is 7.85. The number of nitrogens with one attached hydrogen (secondary N) is 1. The minimum absolute atomic E-state index is 0.155. The molecule has 0 fully saturated rings. The molecule has 1 N–H and O–H groups in total. The lowest BCUT2D eigenvalue weighted by molar-refractivity contribution is 0.0128. The largest absolute Gasteiger partial charge is 0.381 e. The molecule has 0 aliphatic carbocycles. The SMILES string of the molecule is COC(C)(C)CC(C)Nc1cccc(Cl)c1Cl. The van der Waals surface area contributed by atoms with E-state index < -0.39 is 0 Å². The molecule has 1 aromatic rings. The fourth-order valence-corrected chi connectivity index (χ4v) is 2.11. The van der Waals surface area contributed by atoms with Crippen LogP contribution in [0.4, 0.5) is 5.69 Å². The molecule has 0 bridgehead atoms. The lowest BCUT2D eigenvalue weighted by atomic mass is 10.00. The van der Waals surface area contributed by atoms with Crippen molar-refractivity contribution in [3.63, 3.8) is 0 Å². The molecule has 0 aromatic heterocycles. The van der Waals surface area contributed by atoms with Crippen LogP contribution in [0.15, 0.2) is 18.2 Å². The van der Waals surface area contributed by atoms with Crippen LogP contribution in [0.2, 0.25) is 10.0 Å². The van der Waals surface area contributed by atoms with Crippen LogP contribution in [-0.2, 0) is 4.74 Å². The minimum atomic E-state index is -0.155. The van der Waals surface area contributed by atoms with Gasteiger partial charge in [-0.15, -0.1) is 0 Å². The first-order valence-electron chi connectivity index (χ1n) is 5.61. The number of ether oxygens (including phenoxy) is 1. The Hall–Kier alpha value is -0.440. The maximum atomic E-state index is 6.12. The molecule has 0 spiro atoms. The summed E-state index contributed by atoms with van der Waals surface area (Å²) in [6.07, 6.45) is 0.881. The number of benzene rings is 1. The number of anilines is 1. The van der Waals surface area contributed by atoms with Crippen LogP contribution >= 0.6 is 23.2 Å². The van der Waals surface area contributed by atoms with E-state index in [1.165, 1.54) is 0 Å². The van der Waals surface area contributed by atoms with Crippen molar-refractivity contribution in [1.29, 1.82) is 0 Å². The summed E-state index contributed by atoms with van der Waals surface area (Å²) in [5.41, 5.74) is 0.704. The predicted octanol–water partition coefficient (Wildman–Crippen LogP) is 4.61. The van der Waals surface area contributed by atoms with Gasteiger partial charge in [0.05, 0.1) is 21.3 Å². The molecule has 1 aromatic carbocycles. The highest BCUT2D eigenvalue weighted by atomic mass is 35.5. The molecule has 17 heavy (non-hydrogen) atoms. The van der Waals surface area contributed by atoms with Crippen molar-refractivity contribution in [3.05, 3.63) is 28.2 Å². The van der Waals surface area contributed by atoms with Crippen molar-refractivity contribution < 1.29 is 4.74 Å². The van der Waals surface area contributed by atoms with E-state index >= 15 is 0 Å². The number of methoxy groups -OCH3 is 1. The van der Waals surface area contributed by atoms with Crippen LogP contribution in [0.3, 0.4) is 0 Å². The van der Waals surface area contributed by atoms with Gasteiger partial charge in [-0.2, -0.15) is 0 Å². The summed E-state index contributed by atoms with van der Waals surface area (Å²) in [7, 11) is 1.72.